The van der Waals surface area contributed by atoms with Crippen LogP contribution in [-0.4, -0.2) is 23.3 Å². The standard InChI is InChI=1S/C12H9ClN2O3/c1-18-12(17)9-6-10(14-15-11(9)16)7-2-4-8(13)5-3-7/h2-6H,1H3,(H,15,16). The minimum absolute atomic E-state index is 0.0857. The van der Waals surface area contributed by atoms with E-state index in [9.17, 15) is 9.59 Å². The van der Waals surface area contributed by atoms with Crippen molar-refractivity contribution in [3.05, 3.63) is 51.3 Å². The fourth-order valence-corrected chi connectivity index (χ4v) is 1.56. The number of aromatic nitrogens is 2. The van der Waals surface area contributed by atoms with Crippen molar-refractivity contribution in [2.24, 2.45) is 0 Å². The van der Waals surface area contributed by atoms with Crippen LogP contribution in [0.1, 0.15) is 10.4 Å². The van der Waals surface area contributed by atoms with E-state index in [1.165, 1.54) is 13.2 Å². The Kier molecular flexibility index (Phi) is 3.43. The molecule has 18 heavy (non-hydrogen) atoms. The van der Waals surface area contributed by atoms with Crippen LogP contribution in [0, 0.1) is 0 Å². The third kappa shape index (κ3) is 2.41. The Morgan fingerprint density at radius 1 is 1.33 bits per heavy atom. The molecule has 0 saturated heterocycles. The maximum absolute atomic E-state index is 11.4. The van der Waals surface area contributed by atoms with E-state index in [2.05, 4.69) is 14.9 Å². The second kappa shape index (κ2) is 5.01. The number of halogens is 1. The minimum atomic E-state index is -0.700. The number of hydrogen-bond acceptors (Lipinski definition) is 4. The number of benzene rings is 1. The summed E-state index contributed by atoms with van der Waals surface area (Å²) in [5, 5.41) is 6.72. The zero-order valence-corrected chi connectivity index (χ0v) is 10.2. The Labute approximate surface area is 107 Å². The molecule has 1 heterocycles. The number of aromatic amines is 1. The topological polar surface area (TPSA) is 72.0 Å². The van der Waals surface area contributed by atoms with E-state index in [0.717, 1.165) is 5.56 Å². The zero-order valence-electron chi connectivity index (χ0n) is 9.44. The van der Waals surface area contributed by atoms with Gasteiger partial charge in [0.25, 0.3) is 5.56 Å². The summed E-state index contributed by atoms with van der Waals surface area (Å²) >= 11 is 5.78. The maximum Gasteiger partial charge on any atom is 0.343 e. The molecule has 0 radical (unpaired) electrons. The third-order valence-electron chi connectivity index (χ3n) is 2.35. The van der Waals surface area contributed by atoms with Gasteiger partial charge in [0.05, 0.1) is 12.8 Å². The minimum Gasteiger partial charge on any atom is -0.465 e. The van der Waals surface area contributed by atoms with Gasteiger partial charge in [-0.25, -0.2) is 9.89 Å². The Morgan fingerprint density at radius 3 is 2.61 bits per heavy atom. The molecule has 2 rings (SSSR count). The van der Waals surface area contributed by atoms with Gasteiger partial charge in [0.1, 0.15) is 5.56 Å². The van der Waals surface area contributed by atoms with E-state index in [0.29, 0.717) is 10.7 Å². The number of rotatable bonds is 2. The molecule has 1 aromatic heterocycles. The summed E-state index contributed by atoms with van der Waals surface area (Å²) in [6, 6.07) is 8.25. The second-order valence-corrected chi connectivity index (χ2v) is 3.93. The van der Waals surface area contributed by atoms with Crippen LogP contribution >= 0.6 is 11.6 Å². The highest BCUT2D eigenvalue weighted by Crippen LogP contribution is 2.19. The summed E-state index contributed by atoms with van der Waals surface area (Å²) in [6.45, 7) is 0. The molecule has 5 nitrogen and oxygen atoms in total. The summed E-state index contributed by atoms with van der Waals surface area (Å²) in [5.74, 6) is -0.700. The molecule has 0 saturated carbocycles. The van der Waals surface area contributed by atoms with E-state index in [1.807, 2.05) is 0 Å². The first-order chi connectivity index (χ1) is 8.61. The number of hydrogen-bond donors (Lipinski definition) is 1. The summed E-state index contributed by atoms with van der Waals surface area (Å²) in [6.07, 6.45) is 0. The highest BCUT2D eigenvalue weighted by molar-refractivity contribution is 6.30. The van der Waals surface area contributed by atoms with Crippen LogP contribution in [-0.2, 0) is 4.74 Å². The normalized spacial score (nSPS) is 10.1. The molecular weight excluding hydrogens is 256 g/mol. The lowest BCUT2D eigenvalue weighted by atomic mass is 10.1. The molecule has 92 valence electrons. The Balaban J connectivity index is 2.50. The van der Waals surface area contributed by atoms with Crippen molar-refractivity contribution >= 4 is 17.6 Å². The average Bonchev–Trinajstić information content (AvgIpc) is 2.39. The number of ether oxygens (including phenoxy) is 1. The van der Waals surface area contributed by atoms with Gasteiger partial charge in [0.2, 0.25) is 0 Å². The van der Waals surface area contributed by atoms with Gasteiger partial charge in [0.15, 0.2) is 0 Å². The zero-order chi connectivity index (χ0) is 13.1. The van der Waals surface area contributed by atoms with E-state index in [-0.39, 0.29) is 5.56 Å². The van der Waals surface area contributed by atoms with Crippen molar-refractivity contribution < 1.29 is 9.53 Å². The molecule has 0 atom stereocenters. The van der Waals surface area contributed by atoms with E-state index in [4.69, 9.17) is 11.6 Å². The SMILES string of the molecule is COC(=O)c1cc(-c2ccc(Cl)cc2)n[nH]c1=O. The second-order valence-electron chi connectivity index (χ2n) is 3.49. The number of carbonyl (C=O) groups excluding carboxylic acids is 1. The van der Waals surface area contributed by atoms with Crippen LogP contribution in [0.25, 0.3) is 11.3 Å². The van der Waals surface area contributed by atoms with Crippen LogP contribution < -0.4 is 5.56 Å². The Hall–Kier alpha value is -2.14. The van der Waals surface area contributed by atoms with Crippen molar-refractivity contribution in [2.45, 2.75) is 0 Å². The van der Waals surface area contributed by atoms with Gasteiger partial charge in [-0.1, -0.05) is 23.7 Å². The summed E-state index contributed by atoms with van der Waals surface area (Å²) in [4.78, 5) is 22.8. The predicted molar refractivity (Wildman–Crippen MR) is 66.6 cm³/mol. The lowest BCUT2D eigenvalue weighted by molar-refractivity contribution is 0.0598. The molecule has 0 amide bonds. The lowest BCUT2D eigenvalue weighted by Crippen LogP contribution is -2.20. The van der Waals surface area contributed by atoms with Crippen molar-refractivity contribution in [3.8, 4) is 11.3 Å². The van der Waals surface area contributed by atoms with Gasteiger partial charge < -0.3 is 4.74 Å². The first-order valence-electron chi connectivity index (χ1n) is 5.06. The van der Waals surface area contributed by atoms with Crippen molar-refractivity contribution in [1.82, 2.24) is 10.2 Å². The highest BCUT2D eigenvalue weighted by atomic mass is 35.5. The highest BCUT2D eigenvalue weighted by Gasteiger charge is 2.13. The number of methoxy groups -OCH3 is 1. The van der Waals surface area contributed by atoms with Gasteiger partial charge >= 0.3 is 5.97 Å². The average molecular weight is 265 g/mol. The van der Waals surface area contributed by atoms with Crippen molar-refractivity contribution in [1.29, 1.82) is 0 Å². The molecule has 0 fully saturated rings. The first-order valence-corrected chi connectivity index (χ1v) is 5.43. The molecule has 0 unspecified atom stereocenters. The van der Waals surface area contributed by atoms with E-state index >= 15 is 0 Å². The molecule has 2 aromatic rings. The van der Waals surface area contributed by atoms with Crippen molar-refractivity contribution in [3.63, 3.8) is 0 Å². The van der Waals surface area contributed by atoms with Gasteiger partial charge in [-0.05, 0) is 18.2 Å². The molecule has 0 spiro atoms. The summed E-state index contributed by atoms with van der Waals surface area (Å²) in [5.41, 5.74) is 0.532. The number of esters is 1. The van der Waals surface area contributed by atoms with Gasteiger partial charge in [-0.2, -0.15) is 5.10 Å². The van der Waals surface area contributed by atoms with Crippen LogP contribution in [0.4, 0.5) is 0 Å². The van der Waals surface area contributed by atoms with E-state index < -0.39 is 11.5 Å². The van der Waals surface area contributed by atoms with E-state index in [1.54, 1.807) is 24.3 Å². The third-order valence-corrected chi connectivity index (χ3v) is 2.60. The van der Waals surface area contributed by atoms with Crippen LogP contribution in [0.2, 0.25) is 5.02 Å². The first kappa shape index (κ1) is 12.3. The molecule has 0 aliphatic carbocycles. The summed E-state index contributed by atoms with van der Waals surface area (Å²) in [7, 11) is 1.21. The molecule has 0 aliphatic heterocycles. The number of carbonyl (C=O) groups is 1. The van der Waals surface area contributed by atoms with Gasteiger partial charge in [0, 0.05) is 10.6 Å². The lowest BCUT2D eigenvalue weighted by Gasteiger charge is -2.02. The van der Waals surface area contributed by atoms with Gasteiger partial charge in [-0.15, -0.1) is 0 Å². The Bertz CT molecular complexity index is 635. The monoisotopic (exact) mass is 264 g/mol. The molecule has 1 aromatic carbocycles. The van der Waals surface area contributed by atoms with Crippen LogP contribution in [0.15, 0.2) is 35.1 Å². The van der Waals surface area contributed by atoms with Crippen molar-refractivity contribution in [2.75, 3.05) is 7.11 Å². The molecule has 6 heteroatoms. The van der Waals surface area contributed by atoms with Crippen LogP contribution in [0.5, 0.6) is 0 Å². The molecular formula is C12H9ClN2O3. The number of nitrogens with one attached hydrogen (secondary N) is 1. The predicted octanol–water partition coefficient (Wildman–Crippen LogP) is 1.88. The Morgan fingerprint density at radius 2 is 2.00 bits per heavy atom. The quantitative estimate of drug-likeness (QED) is 0.841. The largest absolute Gasteiger partial charge is 0.465 e. The fourth-order valence-electron chi connectivity index (χ4n) is 1.44. The molecule has 1 N–H and O–H groups in total. The molecule has 0 bridgehead atoms. The van der Waals surface area contributed by atoms with Crippen LogP contribution in [0.3, 0.4) is 0 Å². The smallest absolute Gasteiger partial charge is 0.343 e. The number of H-pyrrole nitrogens is 1. The van der Waals surface area contributed by atoms with Gasteiger partial charge in [-0.3, -0.25) is 4.79 Å². The maximum atomic E-state index is 11.4. The molecule has 0 aliphatic rings. The number of nitrogens with zero attached hydrogens (tertiary/aromatic N) is 1. The fraction of sp³-hybridized carbons (Fsp3) is 0.0833. The summed E-state index contributed by atoms with van der Waals surface area (Å²) < 4.78 is 4.52.